The number of amides is 1. The maximum Gasteiger partial charge on any atom is 0.267 e. The first-order valence-corrected chi connectivity index (χ1v) is 9.06. The molecule has 0 saturated carbocycles. The van der Waals surface area contributed by atoms with Crippen LogP contribution in [0.15, 0.2) is 71.8 Å². The monoisotopic (exact) mass is 369 g/mol. The minimum Gasteiger partial charge on any atom is -0.288 e. The van der Waals surface area contributed by atoms with Crippen LogP contribution in [0.2, 0.25) is 0 Å². The topological polar surface area (TPSA) is 108 Å². The highest BCUT2D eigenvalue weighted by Crippen LogP contribution is 2.21. The van der Waals surface area contributed by atoms with Gasteiger partial charge in [0, 0.05) is 23.3 Å². The third-order valence-electron chi connectivity index (χ3n) is 3.56. The molecule has 3 rings (SSSR count). The average molecular weight is 369 g/mol. The number of hydrogen-bond donors (Lipinski definition) is 3. The van der Waals surface area contributed by atoms with Crippen molar-refractivity contribution in [2.24, 2.45) is 0 Å². The number of aromatic nitrogens is 1. The number of nitrogens with one attached hydrogen (secondary N) is 2. The van der Waals surface area contributed by atoms with Gasteiger partial charge in [0.15, 0.2) is 0 Å². The van der Waals surface area contributed by atoms with Gasteiger partial charge in [-0.2, -0.15) is 0 Å². The van der Waals surface area contributed by atoms with Crippen LogP contribution in [-0.2, 0) is 14.8 Å². The van der Waals surface area contributed by atoms with E-state index in [2.05, 4.69) is 9.71 Å². The summed E-state index contributed by atoms with van der Waals surface area (Å²) in [6.07, 6.45) is 4.16. The Hall–Kier alpha value is -3.23. The van der Waals surface area contributed by atoms with Gasteiger partial charge in [-0.25, -0.2) is 13.9 Å². The number of fused-ring (bicyclic) bond motifs is 1. The maximum atomic E-state index is 12.6. The lowest BCUT2D eigenvalue weighted by molar-refractivity contribution is -0.124. The number of nitrogens with zero attached hydrogens (tertiary/aromatic N) is 1. The molecule has 3 N–H and O–H groups in total. The minimum atomic E-state index is -3.80. The van der Waals surface area contributed by atoms with Gasteiger partial charge in [-0.3, -0.25) is 19.7 Å². The van der Waals surface area contributed by atoms with Gasteiger partial charge < -0.3 is 0 Å². The number of hydrogen-bond acceptors (Lipinski definition) is 5. The molecule has 2 aromatic carbocycles. The first-order valence-electron chi connectivity index (χ1n) is 7.58. The first kappa shape index (κ1) is 17.6. The molecule has 3 aromatic rings. The molecule has 0 aliphatic heterocycles. The van der Waals surface area contributed by atoms with Crippen LogP contribution in [0.1, 0.15) is 5.56 Å². The Morgan fingerprint density at radius 1 is 1.08 bits per heavy atom. The number of sulfonamides is 1. The minimum absolute atomic E-state index is 0.0512. The molecule has 0 fully saturated rings. The molecule has 26 heavy (non-hydrogen) atoms. The summed E-state index contributed by atoms with van der Waals surface area (Å²) < 4.78 is 27.8. The van der Waals surface area contributed by atoms with Crippen molar-refractivity contribution in [3.05, 3.63) is 72.4 Å². The van der Waals surface area contributed by atoms with Crippen LogP contribution in [0.25, 0.3) is 17.0 Å². The molecule has 8 heteroatoms. The summed E-state index contributed by atoms with van der Waals surface area (Å²) >= 11 is 0. The zero-order valence-electron chi connectivity index (χ0n) is 13.5. The smallest absolute Gasteiger partial charge is 0.267 e. The van der Waals surface area contributed by atoms with Crippen LogP contribution < -0.4 is 10.2 Å². The Balaban J connectivity index is 1.87. The second-order valence-electron chi connectivity index (χ2n) is 5.40. The van der Waals surface area contributed by atoms with Crippen LogP contribution in [0.5, 0.6) is 0 Å². The Morgan fingerprint density at radius 3 is 2.73 bits per heavy atom. The summed E-state index contributed by atoms with van der Waals surface area (Å²) in [5.74, 6) is -0.707. The van der Waals surface area contributed by atoms with Gasteiger partial charge in [-0.1, -0.05) is 18.2 Å². The first-order chi connectivity index (χ1) is 12.5. The Morgan fingerprint density at radius 2 is 1.92 bits per heavy atom. The zero-order valence-corrected chi connectivity index (χ0v) is 14.3. The SMILES string of the molecule is O=C(C=Cc1cccc(S(=O)(=O)Nc2ccc3ncccc3c2)c1)NO. The molecular weight excluding hydrogens is 354 g/mol. The molecule has 0 saturated heterocycles. The van der Waals surface area contributed by atoms with Crippen molar-refractivity contribution < 1.29 is 18.4 Å². The third kappa shape index (κ3) is 4.05. The molecule has 0 spiro atoms. The highest BCUT2D eigenvalue weighted by atomic mass is 32.2. The fourth-order valence-electron chi connectivity index (χ4n) is 2.35. The maximum absolute atomic E-state index is 12.6. The number of anilines is 1. The van der Waals surface area contributed by atoms with E-state index in [-0.39, 0.29) is 4.90 Å². The lowest BCUT2D eigenvalue weighted by atomic mass is 10.2. The van der Waals surface area contributed by atoms with Gasteiger partial charge in [0.25, 0.3) is 15.9 Å². The van der Waals surface area contributed by atoms with E-state index in [1.807, 2.05) is 6.07 Å². The van der Waals surface area contributed by atoms with Crippen molar-refractivity contribution in [3.8, 4) is 0 Å². The van der Waals surface area contributed by atoms with Crippen molar-refractivity contribution in [1.82, 2.24) is 10.5 Å². The van der Waals surface area contributed by atoms with Crippen molar-refractivity contribution in [2.75, 3.05) is 4.72 Å². The molecule has 7 nitrogen and oxygen atoms in total. The van der Waals surface area contributed by atoms with Crippen LogP contribution >= 0.6 is 0 Å². The Labute approximate surface area is 150 Å². The highest BCUT2D eigenvalue weighted by Gasteiger charge is 2.14. The second kappa shape index (κ2) is 7.34. The lowest BCUT2D eigenvalue weighted by Gasteiger charge is -2.09. The quantitative estimate of drug-likeness (QED) is 0.364. The summed E-state index contributed by atoms with van der Waals surface area (Å²) in [5, 5.41) is 9.29. The lowest BCUT2D eigenvalue weighted by Crippen LogP contribution is -2.15. The molecule has 0 atom stereocenters. The molecule has 132 valence electrons. The van der Waals surface area contributed by atoms with E-state index < -0.39 is 15.9 Å². The molecular formula is C18H15N3O4S. The van der Waals surface area contributed by atoms with Crippen molar-refractivity contribution in [2.45, 2.75) is 4.90 Å². The molecule has 1 amide bonds. The van der Waals surface area contributed by atoms with E-state index in [0.717, 1.165) is 17.0 Å². The van der Waals surface area contributed by atoms with E-state index in [9.17, 15) is 13.2 Å². The summed E-state index contributed by atoms with van der Waals surface area (Å²) in [4.78, 5) is 15.3. The number of pyridine rings is 1. The van der Waals surface area contributed by atoms with Gasteiger partial charge in [-0.05, 0) is 48.0 Å². The van der Waals surface area contributed by atoms with Crippen LogP contribution in [0, 0.1) is 0 Å². The fraction of sp³-hybridized carbons (Fsp3) is 0. The molecule has 0 aliphatic rings. The van der Waals surface area contributed by atoms with Gasteiger partial charge in [-0.15, -0.1) is 0 Å². The third-order valence-corrected chi connectivity index (χ3v) is 4.94. The van der Waals surface area contributed by atoms with E-state index in [1.165, 1.54) is 23.7 Å². The van der Waals surface area contributed by atoms with Crippen LogP contribution in [0.3, 0.4) is 0 Å². The van der Waals surface area contributed by atoms with Crippen LogP contribution in [-0.4, -0.2) is 24.5 Å². The van der Waals surface area contributed by atoms with Gasteiger partial charge in [0.1, 0.15) is 0 Å². The standard InChI is InChI=1S/C18H15N3O4S/c22-18(20-23)9-6-13-3-1-5-16(11-13)26(24,25)21-15-7-8-17-14(12-15)4-2-10-19-17/h1-12,21,23H,(H,20,22). The number of hydroxylamine groups is 1. The largest absolute Gasteiger partial charge is 0.288 e. The number of carbonyl (C=O) groups excluding carboxylic acids is 1. The average Bonchev–Trinajstić information content (AvgIpc) is 2.66. The summed E-state index contributed by atoms with van der Waals surface area (Å²) in [5.41, 5.74) is 3.16. The van der Waals surface area contributed by atoms with Crippen molar-refractivity contribution in [3.63, 3.8) is 0 Å². The number of benzene rings is 2. The summed E-state index contributed by atoms with van der Waals surface area (Å²) in [6, 6.07) is 14.8. The fourth-order valence-corrected chi connectivity index (χ4v) is 3.45. The van der Waals surface area contributed by atoms with E-state index in [4.69, 9.17) is 5.21 Å². The second-order valence-corrected chi connectivity index (χ2v) is 7.08. The van der Waals surface area contributed by atoms with Crippen molar-refractivity contribution >= 4 is 38.6 Å². The van der Waals surface area contributed by atoms with Crippen LogP contribution in [0.4, 0.5) is 5.69 Å². The normalized spacial score (nSPS) is 11.6. The Kier molecular flexibility index (Phi) is 4.97. The highest BCUT2D eigenvalue weighted by molar-refractivity contribution is 7.92. The predicted molar refractivity (Wildman–Crippen MR) is 98.0 cm³/mol. The van der Waals surface area contributed by atoms with Gasteiger partial charge in [0.2, 0.25) is 0 Å². The summed E-state index contributed by atoms with van der Waals surface area (Å²) in [7, 11) is -3.80. The molecule has 1 heterocycles. The number of carbonyl (C=O) groups is 1. The van der Waals surface area contributed by atoms with E-state index in [0.29, 0.717) is 11.3 Å². The molecule has 0 bridgehead atoms. The Bertz CT molecular complexity index is 1090. The molecule has 0 radical (unpaired) electrons. The zero-order chi connectivity index (χ0) is 18.6. The van der Waals surface area contributed by atoms with Crippen molar-refractivity contribution in [1.29, 1.82) is 0 Å². The molecule has 0 aliphatic carbocycles. The van der Waals surface area contributed by atoms with E-state index >= 15 is 0 Å². The molecule has 0 unspecified atom stereocenters. The van der Waals surface area contributed by atoms with Gasteiger partial charge >= 0.3 is 0 Å². The molecule has 1 aromatic heterocycles. The van der Waals surface area contributed by atoms with E-state index in [1.54, 1.807) is 42.6 Å². The predicted octanol–water partition coefficient (Wildman–Crippen LogP) is 2.55. The number of rotatable bonds is 5. The summed E-state index contributed by atoms with van der Waals surface area (Å²) in [6.45, 7) is 0. The van der Waals surface area contributed by atoms with Gasteiger partial charge in [0.05, 0.1) is 10.4 Å².